The molecule has 2 aromatic heterocycles. The zero-order valence-electron chi connectivity index (χ0n) is 13.7. The lowest BCUT2D eigenvalue weighted by atomic mass is 10.2. The fraction of sp³-hybridized carbons (Fsp3) is 0.235. The van der Waals surface area contributed by atoms with Gasteiger partial charge in [0.1, 0.15) is 0 Å². The summed E-state index contributed by atoms with van der Waals surface area (Å²) in [6.07, 6.45) is 2.33. The monoisotopic (exact) mass is 322 g/mol. The van der Waals surface area contributed by atoms with Gasteiger partial charge in [-0.1, -0.05) is 24.8 Å². The van der Waals surface area contributed by atoms with E-state index in [-0.39, 0.29) is 0 Å². The van der Waals surface area contributed by atoms with E-state index in [0.29, 0.717) is 30.4 Å². The smallest absolute Gasteiger partial charge is 0.237 e. The van der Waals surface area contributed by atoms with E-state index < -0.39 is 0 Å². The second kappa shape index (κ2) is 6.99. The average Bonchev–Trinajstić information content (AvgIpc) is 2.97. The van der Waals surface area contributed by atoms with E-state index in [1.807, 2.05) is 55.1 Å². The number of ether oxygens (including phenoxy) is 1. The van der Waals surface area contributed by atoms with Crippen LogP contribution in [0.1, 0.15) is 29.8 Å². The topological polar surface area (TPSA) is 78.6 Å². The largest absolute Gasteiger partial charge is 0.490 e. The average molecular weight is 322 g/mol. The number of benzene rings is 1. The molecule has 1 aromatic carbocycles. The Bertz CT molecular complexity index is 826. The molecule has 3 aromatic rings. The van der Waals surface area contributed by atoms with Gasteiger partial charge in [-0.15, -0.1) is 20.4 Å². The predicted molar refractivity (Wildman–Crippen MR) is 89.4 cm³/mol. The second-order valence-corrected chi connectivity index (χ2v) is 5.18. The number of hydrogen-bond acceptors (Lipinski definition) is 6. The van der Waals surface area contributed by atoms with Crippen molar-refractivity contribution >= 4 is 5.76 Å². The molecule has 0 radical (unpaired) electrons. The summed E-state index contributed by atoms with van der Waals surface area (Å²) in [5.41, 5.74) is 3.08. The molecular weight excluding hydrogens is 304 g/mol. The number of hydrogen-bond donors (Lipinski definition) is 0. The van der Waals surface area contributed by atoms with Crippen molar-refractivity contribution in [3.05, 3.63) is 66.0 Å². The first-order chi connectivity index (χ1) is 11.7. The van der Waals surface area contributed by atoms with E-state index in [1.54, 1.807) is 0 Å². The van der Waals surface area contributed by atoms with Crippen LogP contribution in [-0.4, -0.2) is 36.8 Å². The van der Waals surface area contributed by atoms with Crippen LogP contribution in [0.4, 0.5) is 0 Å². The minimum Gasteiger partial charge on any atom is -0.490 e. The Morgan fingerprint density at radius 1 is 1.12 bits per heavy atom. The lowest BCUT2D eigenvalue weighted by Crippen LogP contribution is -2.07. The maximum atomic E-state index is 5.24. The van der Waals surface area contributed by atoms with Gasteiger partial charge in [-0.05, 0) is 26.0 Å². The highest BCUT2D eigenvalue weighted by Gasteiger charge is 2.12. The van der Waals surface area contributed by atoms with Crippen molar-refractivity contribution in [2.24, 2.45) is 0 Å². The predicted octanol–water partition coefficient (Wildman–Crippen LogP) is 2.36. The quantitative estimate of drug-likeness (QED) is 0.648. The van der Waals surface area contributed by atoms with Crippen LogP contribution >= 0.6 is 0 Å². The molecule has 0 saturated carbocycles. The molecule has 0 aliphatic rings. The van der Waals surface area contributed by atoms with Gasteiger partial charge >= 0.3 is 0 Å². The molecule has 0 saturated heterocycles. The van der Waals surface area contributed by atoms with Crippen molar-refractivity contribution < 1.29 is 4.74 Å². The Morgan fingerprint density at radius 3 is 2.50 bits per heavy atom. The van der Waals surface area contributed by atoms with Crippen LogP contribution in [0, 0.1) is 6.92 Å². The third-order valence-corrected chi connectivity index (χ3v) is 3.55. The Balaban J connectivity index is 1.77. The summed E-state index contributed by atoms with van der Waals surface area (Å²) in [5.74, 6) is 1.20. The molecule has 0 unspecified atom stereocenters. The molecule has 7 nitrogen and oxygen atoms in total. The Morgan fingerprint density at radius 2 is 1.83 bits per heavy atom. The molecule has 0 N–H and O–H groups in total. The van der Waals surface area contributed by atoms with E-state index in [2.05, 4.69) is 32.1 Å². The molecule has 122 valence electrons. The van der Waals surface area contributed by atoms with E-state index >= 15 is 0 Å². The third-order valence-electron chi connectivity index (χ3n) is 3.55. The number of aromatic nitrogens is 6. The van der Waals surface area contributed by atoms with E-state index in [9.17, 15) is 0 Å². The van der Waals surface area contributed by atoms with Gasteiger partial charge in [-0.2, -0.15) is 5.10 Å². The highest BCUT2D eigenvalue weighted by atomic mass is 16.5. The molecule has 3 rings (SSSR count). The molecule has 0 fully saturated rings. The molecule has 0 aliphatic heterocycles. The molecule has 7 heteroatoms. The fourth-order valence-corrected chi connectivity index (χ4v) is 2.29. The highest BCUT2D eigenvalue weighted by molar-refractivity contribution is 5.48. The van der Waals surface area contributed by atoms with Crippen LogP contribution in [0.3, 0.4) is 0 Å². The molecule has 0 atom stereocenters. The van der Waals surface area contributed by atoms with Gasteiger partial charge in [-0.3, -0.25) is 0 Å². The Hall–Kier alpha value is -3.09. The van der Waals surface area contributed by atoms with Crippen molar-refractivity contribution in [2.45, 2.75) is 20.3 Å². The number of nitrogens with zero attached hydrogens (tertiary/aromatic N) is 6. The zero-order valence-corrected chi connectivity index (χ0v) is 13.7. The van der Waals surface area contributed by atoms with Crippen molar-refractivity contribution in [1.82, 2.24) is 30.2 Å². The minimum atomic E-state index is 0.303. The molecular formula is C17H18N6O. The summed E-state index contributed by atoms with van der Waals surface area (Å²) in [6, 6.07) is 9.97. The highest BCUT2D eigenvalue weighted by Crippen LogP contribution is 2.15. The summed E-state index contributed by atoms with van der Waals surface area (Å²) in [7, 11) is 0. The molecule has 2 heterocycles. The maximum Gasteiger partial charge on any atom is 0.237 e. The SMILES string of the molecule is C=C(OCC)c1nnc(Cc2cnn(-c3ccccc3)c2C)nn1. The number of rotatable bonds is 6. The van der Waals surface area contributed by atoms with Crippen LogP contribution in [0.5, 0.6) is 0 Å². The van der Waals surface area contributed by atoms with E-state index in [0.717, 1.165) is 16.9 Å². The van der Waals surface area contributed by atoms with Crippen LogP contribution in [0.2, 0.25) is 0 Å². The van der Waals surface area contributed by atoms with Crippen LogP contribution in [-0.2, 0) is 11.2 Å². The van der Waals surface area contributed by atoms with Crippen molar-refractivity contribution in [3.8, 4) is 5.69 Å². The Labute approximate surface area is 140 Å². The van der Waals surface area contributed by atoms with E-state index in [4.69, 9.17) is 4.74 Å². The van der Waals surface area contributed by atoms with Crippen LogP contribution in [0.15, 0.2) is 43.1 Å². The van der Waals surface area contributed by atoms with Gasteiger partial charge in [0.25, 0.3) is 0 Å². The van der Waals surface area contributed by atoms with Crippen LogP contribution in [0.25, 0.3) is 11.4 Å². The zero-order chi connectivity index (χ0) is 16.9. The molecule has 0 spiro atoms. The lowest BCUT2D eigenvalue weighted by molar-refractivity contribution is 0.295. The van der Waals surface area contributed by atoms with E-state index in [1.165, 1.54) is 0 Å². The summed E-state index contributed by atoms with van der Waals surface area (Å²) in [4.78, 5) is 0. The normalized spacial score (nSPS) is 10.6. The van der Waals surface area contributed by atoms with Crippen molar-refractivity contribution in [2.75, 3.05) is 6.61 Å². The third kappa shape index (κ3) is 3.29. The molecule has 0 bridgehead atoms. The summed E-state index contributed by atoms with van der Waals surface area (Å²) >= 11 is 0. The van der Waals surface area contributed by atoms with Gasteiger partial charge in [0.05, 0.1) is 18.5 Å². The maximum absolute atomic E-state index is 5.24. The molecule has 0 amide bonds. The molecule has 0 aliphatic carbocycles. The first-order valence-corrected chi connectivity index (χ1v) is 7.66. The number of para-hydroxylation sites is 1. The van der Waals surface area contributed by atoms with Gasteiger partial charge in [0.15, 0.2) is 11.6 Å². The van der Waals surface area contributed by atoms with Gasteiger partial charge in [0, 0.05) is 17.7 Å². The summed E-state index contributed by atoms with van der Waals surface area (Å²) < 4.78 is 7.14. The van der Waals surface area contributed by atoms with Crippen LogP contribution < -0.4 is 0 Å². The first-order valence-electron chi connectivity index (χ1n) is 7.66. The minimum absolute atomic E-state index is 0.303. The second-order valence-electron chi connectivity index (χ2n) is 5.18. The standard InChI is InChI=1S/C17H18N6O/c1-4-24-13(3)17-21-19-16(20-22-17)10-14-11-18-23(12(14)2)15-8-6-5-7-9-15/h5-9,11H,3-4,10H2,1-2H3. The lowest BCUT2D eigenvalue weighted by Gasteiger charge is -2.05. The van der Waals surface area contributed by atoms with Crippen molar-refractivity contribution in [3.63, 3.8) is 0 Å². The van der Waals surface area contributed by atoms with Gasteiger partial charge in [0.2, 0.25) is 5.82 Å². The fourth-order valence-electron chi connectivity index (χ4n) is 2.29. The van der Waals surface area contributed by atoms with Gasteiger partial charge < -0.3 is 4.74 Å². The molecule has 24 heavy (non-hydrogen) atoms. The van der Waals surface area contributed by atoms with Gasteiger partial charge in [-0.25, -0.2) is 4.68 Å². The first kappa shape index (κ1) is 15.8. The Kier molecular flexibility index (Phi) is 4.60. The summed E-state index contributed by atoms with van der Waals surface area (Å²) in [5, 5.41) is 20.7. The summed E-state index contributed by atoms with van der Waals surface area (Å²) in [6.45, 7) is 8.12. The van der Waals surface area contributed by atoms with Crippen molar-refractivity contribution in [1.29, 1.82) is 0 Å².